The quantitative estimate of drug-likeness (QED) is 0.427. The van der Waals surface area contributed by atoms with E-state index >= 15 is 0 Å². The number of halogens is 2. The number of thioether (sulfide) groups is 1. The second kappa shape index (κ2) is 10.4. The lowest BCUT2D eigenvalue weighted by molar-refractivity contribution is -0.133. The number of nitrogens with zero attached hydrogens (tertiary/aromatic N) is 1. The number of aliphatic hydroxyl groups excluding tert-OH is 1. The molecule has 0 bridgehead atoms. The molecule has 1 saturated heterocycles. The van der Waals surface area contributed by atoms with Gasteiger partial charge in [-0.25, -0.2) is 4.79 Å². The number of aliphatic hydroxyl groups is 1. The van der Waals surface area contributed by atoms with Gasteiger partial charge in [-0.3, -0.25) is 9.69 Å². The molecular weight excluding hydrogens is 392 g/mol. The lowest BCUT2D eigenvalue weighted by Crippen LogP contribution is -2.34. The number of aliphatic carboxylic acids is 1. The minimum atomic E-state index is -3.45. The first kappa shape index (κ1) is 22.2. The van der Waals surface area contributed by atoms with E-state index in [1.807, 2.05) is 0 Å². The van der Waals surface area contributed by atoms with E-state index in [0.717, 1.165) is 6.08 Å². The normalized spacial score (nSPS) is 18.5. The summed E-state index contributed by atoms with van der Waals surface area (Å²) in [4.78, 5) is 23.7. The van der Waals surface area contributed by atoms with Crippen molar-refractivity contribution in [1.29, 1.82) is 0 Å². The average Bonchev–Trinajstić information content (AvgIpc) is 3.02. The zero-order chi connectivity index (χ0) is 20.6. The fourth-order valence-corrected chi connectivity index (χ4v) is 3.44. The van der Waals surface area contributed by atoms with E-state index in [1.165, 1.54) is 47.0 Å². The standard InChI is InChI=1S/C19H23F2NO5S/c20-19(21,14-6-2-1-3-7-14)16(23)9-8-15-12-27-18(26)22(15)10-4-5-11-28-13-17(24)25/h1-3,6-9,15-16,23H,4-5,10-13H2,(H,24,25)/b9-8+. The van der Waals surface area contributed by atoms with Gasteiger partial charge in [-0.2, -0.15) is 20.5 Å². The van der Waals surface area contributed by atoms with Crippen LogP contribution in [0.15, 0.2) is 42.5 Å². The lowest BCUT2D eigenvalue weighted by atomic mass is 10.0. The van der Waals surface area contributed by atoms with Crippen LogP contribution in [0.5, 0.6) is 0 Å². The lowest BCUT2D eigenvalue weighted by Gasteiger charge is -2.22. The highest BCUT2D eigenvalue weighted by Crippen LogP contribution is 2.32. The molecule has 0 saturated carbocycles. The first-order chi connectivity index (χ1) is 13.3. The number of carbonyl (C=O) groups excluding carboxylic acids is 1. The van der Waals surface area contributed by atoms with Crippen LogP contribution < -0.4 is 0 Å². The summed E-state index contributed by atoms with van der Waals surface area (Å²) in [5.41, 5.74) is -0.290. The van der Waals surface area contributed by atoms with E-state index in [-0.39, 0.29) is 17.9 Å². The average molecular weight is 415 g/mol. The van der Waals surface area contributed by atoms with Crippen LogP contribution in [0.2, 0.25) is 0 Å². The molecule has 1 heterocycles. The summed E-state index contributed by atoms with van der Waals surface area (Å²) in [6, 6.07) is 6.52. The predicted octanol–water partition coefficient (Wildman–Crippen LogP) is 3.11. The van der Waals surface area contributed by atoms with Crippen molar-refractivity contribution in [3.05, 3.63) is 48.0 Å². The van der Waals surface area contributed by atoms with E-state index in [9.17, 15) is 23.5 Å². The van der Waals surface area contributed by atoms with Gasteiger partial charge in [-0.05, 0) is 18.6 Å². The maximum Gasteiger partial charge on any atom is 0.410 e. The molecule has 0 radical (unpaired) electrons. The largest absolute Gasteiger partial charge is 0.481 e. The van der Waals surface area contributed by atoms with Gasteiger partial charge >= 0.3 is 18.0 Å². The van der Waals surface area contributed by atoms with E-state index in [1.54, 1.807) is 6.07 Å². The van der Waals surface area contributed by atoms with Crippen molar-refractivity contribution < 1.29 is 33.3 Å². The Morgan fingerprint density at radius 1 is 1.36 bits per heavy atom. The van der Waals surface area contributed by atoms with E-state index in [0.29, 0.717) is 25.1 Å². The zero-order valence-corrected chi connectivity index (χ0v) is 16.0. The first-order valence-electron chi connectivity index (χ1n) is 8.85. The molecule has 0 aromatic heterocycles. The Kier molecular flexibility index (Phi) is 8.25. The third kappa shape index (κ3) is 6.20. The molecule has 154 valence electrons. The third-order valence-electron chi connectivity index (χ3n) is 4.22. The molecule has 1 amide bonds. The van der Waals surface area contributed by atoms with Crippen LogP contribution in [0.3, 0.4) is 0 Å². The first-order valence-corrected chi connectivity index (χ1v) is 10.0. The minimum absolute atomic E-state index is 0.0324. The smallest absolute Gasteiger partial charge is 0.410 e. The molecule has 2 rings (SSSR count). The molecular formula is C19H23F2NO5S. The molecule has 6 nitrogen and oxygen atoms in total. The number of carboxylic acids is 1. The van der Waals surface area contributed by atoms with Gasteiger partial charge in [0.05, 0.1) is 11.8 Å². The van der Waals surface area contributed by atoms with Crippen molar-refractivity contribution in [2.24, 2.45) is 0 Å². The van der Waals surface area contributed by atoms with Gasteiger partial charge in [0.25, 0.3) is 0 Å². The van der Waals surface area contributed by atoms with Gasteiger partial charge in [-0.15, -0.1) is 0 Å². The van der Waals surface area contributed by atoms with Crippen LogP contribution in [0.4, 0.5) is 13.6 Å². The molecule has 1 aliphatic heterocycles. The molecule has 9 heteroatoms. The van der Waals surface area contributed by atoms with Crippen molar-refractivity contribution in [2.75, 3.05) is 24.7 Å². The number of alkyl halides is 2. The third-order valence-corrected chi connectivity index (χ3v) is 5.25. The number of rotatable bonds is 11. The summed E-state index contributed by atoms with van der Waals surface area (Å²) in [6.07, 6.45) is 1.15. The molecule has 28 heavy (non-hydrogen) atoms. The van der Waals surface area contributed by atoms with Crippen LogP contribution in [-0.4, -0.2) is 64.0 Å². The van der Waals surface area contributed by atoms with Gasteiger partial charge in [0.2, 0.25) is 0 Å². The van der Waals surface area contributed by atoms with Gasteiger partial charge in [0.1, 0.15) is 12.7 Å². The summed E-state index contributed by atoms with van der Waals surface area (Å²) in [5.74, 6) is -3.64. The fraction of sp³-hybridized carbons (Fsp3) is 0.474. The zero-order valence-electron chi connectivity index (χ0n) is 15.2. The topological polar surface area (TPSA) is 87.1 Å². The Labute approximate surface area is 166 Å². The second-order valence-corrected chi connectivity index (χ2v) is 7.41. The summed E-state index contributed by atoms with van der Waals surface area (Å²) < 4.78 is 33.6. The van der Waals surface area contributed by atoms with E-state index in [2.05, 4.69) is 0 Å². The predicted molar refractivity (Wildman–Crippen MR) is 102 cm³/mol. The molecule has 2 unspecified atom stereocenters. The summed E-state index contributed by atoms with van der Waals surface area (Å²) >= 11 is 1.30. The van der Waals surface area contributed by atoms with Crippen molar-refractivity contribution in [3.63, 3.8) is 0 Å². The van der Waals surface area contributed by atoms with Crippen LogP contribution in [0.1, 0.15) is 18.4 Å². The highest BCUT2D eigenvalue weighted by atomic mass is 32.2. The molecule has 2 N–H and O–H groups in total. The van der Waals surface area contributed by atoms with Crippen LogP contribution in [-0.2, 0) is 15.5 Å². The van der Waals surface area contributed by atoms with Crippen LogP contribution in [0, 0.1) is 0 Å². The molecule has 1 aromatic carbocycles. The second-order valence-electron chi connectivity index (χ2n) is 6.31. The molecule has 0 aliphatic carbocycles. The number of ether oxygens (including phenoxy) is 1. The number of amides is 1. The van der Waals surface area contributed by atoms with Gasteiger partial charge < -0.3 is 14.9 Å². The van der Waals surface area contributed by atoms with Crippen molar-refractivity contribution in [3.8, 4) is 0 Å². The van der Waals surface area contributed by atoms with Crippen molar-refractivity contribution in [2.45, 2.75) is 30.9 Å². The Morgan fingerprint density at radius 3 is 2.75 bits per heavy atom. The number of unbranched alkanes of at least 4 members (excludes halogenated alkanes) is 1. The number of hydrogen-bond acceptors (Lipinski definition) is 5. The fourth-order valence-electron chi connectivity index (χ4n) is 2.71. The van der Waals surface area contributed by atoms with Crippen molar-refractivity contribution >= 4 is 23.8 Å². The summed E-state index contributed by atoms with van der Waals surface area (Å²) in [7, 11) is 0. The Hall–Kier alpha value is -2.13. The number of carboxylic acid groups (broad SMARTS) is 1. The van der Waals surface area contributed by atoms with Gasteiger partial charge in [0.15, 0.2) is 0 Å². The Bertz CT molecular complexity index is 686. The molecule has 2 atom stereocenters. The number of carbonyl (C=O) groups is 2. The summed E-state index contributed by atoms with van der Waals surface area (Å²) in [5, 5.41) is 18.5. The highest BCUT2D eigenvalue weighted by molar-refractivity contribution is 7.99. The van der Waals surface area contributed by atoms with E-state index in [4.69, 9.17) is 9.84 Å². The summed E-state index contributed by atoms with van der Waals surface area (Å²) in [6.45, 7) is 0.402. The monoisotopic (exact) mass is 415 g/mol. The van der Waals surface area contributed by atoms with Crippen LogP contribution in [0.25, 0.3) is 0 Å². The maximum absolute atomic E-state index is 14.3. The SMILES string of the molecule is O=C(O)CSCCCCN1C(=O)OCC1/C=C/C(O)C(F)(F)c1ccccc1. The maximum atomic E-state index is 14.3. The Morgan fingerprint density at radius 2 is 2.07 bits per heavy atom. The Balaban J connectivity index is 1.87. The number of cyclic esters (lactones) is 1. The number of benzene rings is 1. The molecule has 1 aromatic rings. The van der Waals surface area contributed by atoms with Crippen molar-refractivity contribution in [1.82, 2.24) is 4.90 Å². The molecule has 1 aliphatic rings. The highest BCUT2D eigenvalue weighted by Gasteiger charge is 2.39. The van der Waals surface area contributed by atoms with E-state index < -0.39 is 30.1 Å². The van der Waals surface area contributed by atoms with Gasteiger partial charge in [0, 0.05) is 12.1 Å². The number of hydrogen-bond donors (Lipinski definition) is 2. The minimum Gasteiger partial charge on any atom is -0.481 e. The van der Waals surface area contributed by atoms with Crippen LogP contribution >= 0.6 is 11.8 Å². The molecule has 0 spiro atoms. The van der Waals surface area contributed by atoms with Gasteiger partial charge in [-0.1, -0.05) is 42.5 Å². The molecule has 1 fully saturated rings.